The molecule has 1 aromatic rings. The Bertz CT molecular complexity index is 374. The maximum absolute atomic E-state index is 13.0. The standard InChI is InChI=1S/C8H5ClFNO3/c9-4-2-1-3-5(10)6(4)7(12)11-8(13)14/h1-3H,(H,11,12)(H,13,14). The molecule has 0 aliphatic heterocycles. The van der Waals surface area contributed by atoms with Crippen LogP contribution in [0.1, 0.15) is 10.4 Å². The van der Waals surface area contributed by atoms with Gasteiger partial charge < -0.3 is 5.11 Å². The highest BCUT2D eigenvalue weighted by molar-refractivity contribution is 6.34. The minimum absolute atomic E-state index is 0.135. The molecule has 6 heteroatoms. The summed E-state index contributed by atoms with van der Waals surface area (Å²) in [4.78, 5) is 21.2. The summed E-state index contributed by atoms with van der Waals surface area (Å²) in [6.07, 6.45) is -1.56. The number of rotatable bonds is 1. The molecule has 0 aliphatic rings. The lowest BCUT2D eigenvalue weighted by atomic mass is 10.2. The van der Waals surface area contributed by atoms with Crippen molar-refractivity contribution in [1.29, 1.82) is 0 Å². The fourth-order valence-corrected chi connectivity index (χ4v) is 1.12. The molecule has 0 aromatic heterocycles. The normalized spacial score (nSPS) is 9.57. The number of hydrogen-bond donors (Lipinski definition) is 2. The summed E-state index contributed by atoms with van der Waals surface area (Å²) < 4.78 is 13.0. The highest BCUT2D eigenvalue weighted by Gasteiger charge is 2.17. The lowest BCUT2D eigenvalue weighted by Gasteiger charge is -2.03. The molecule has 0 radical (unpaired) electrons. The molecule has 0 saturated heterocycles. The molecule has 0 aliphatic carbocycles. The van der Waals surface area contributed by atoms with Crippen LogP contribution < -0.4 is 5.32 Å². The van der Waals surface area contributed by atoms with Gasteiger partial charge in [-0.15, -0.1) is 0 Å². The second-order valence-corrected chi connectivity index (χ2v) is 2.76. The van der Waals surface area contributed by atoms with Crippen LogP contribution in [0.3, 0.4) is 0 Å². The number of nitrogens with one attached hydrogen (secondary N) is 1. The van der Waals surface area contributed by atoms with Gasteiger partial charge >= 0.3 is 6.09 Å². The molecule has 0 heterocycles. The van der Waals surface area contributed by atoms with Crippen LogP contribution >= 0.6 is 11.6 Å². The van der Waals surface area contributed by atoms with E-state index in [0.717, 1.165) is 6.07 Å². The summed E-state index contributed by atoms with van der Waals surface area (Å²) in [6.45, 7) is 0. The van der Waals surface area contributed by atoms with E-state index in [0.29, 0.717) is 0 Å². The number of hydrogen-bond acceptors (Lipinski definition) is 2. The monoisotopic (exact) mass is 217 g/mol. The number of carbonyl (C=O) groups excluding carboxylic acids is 1. The highest BCUT2D eigenvalue weighted by Crippen LogP contribution is 2.18. The summed E-state index contributed by atoms with van der Waals surface area (Å²) >= 11 is 5.51. The predicted molar refractivity (Wildman–Crippen MR) is 46.9 cm³/mol. The molecule has 1 aromatic carbocycles. The third kappa shape index (κ3) is 2.20. The summed E-state index contributed by atoms with van der Waals surface area (Å²) in [6, 6.07) is 3.62. The van der Waals surface area contributed by atoms with Gasteiger partial charge in [-0.2, -0.15) is 0 Å². The minimum Gasteiger partial charge on any atom is -0.465 e. The van der Waals surface area contributed by atoms with Gasteiger partial charge in [0.05, 0.1) is 10.6 Å². The molecule has 0 unspecified atom stereocenters. The zero-order chi connectivity index (χ0) is 10.7. The van der Waals surface area contributed by atoms with E-state index in [-0.39, 0.29) is 5.02 Å². The van der Waals surface area contributed by atoms with Gasteiger partial charge in [-0.05, 0) is 12.1 Å². The second-order valence-electron chi connectivity index (χ2n) is 2.36. The van der Waals surface area contributed by atoms with Crippen molar-refractivity contribution < 1.29 is 19.1 Å². The summed E-state index contributed by atoms with van der Waals surface area (Å²) in [5.74, 6) is -1.95. The van der Waals surface area contributed by atoms with Crippen molar-refractivity contribution in [3.05, 3.63) is 34.6 Å². The summed E-state index contributed by atoms with van der Waals surface area (Å²) in [5, 5.41) is 9.59. The van der Waals surface area contributed by atoms with Crippen LogP contribution in [0.25, 0.3) is 0 Å². The van der Waals surface area contributed by atoms with Gasteiger partial charge in [0.2, 0.25) is 0 Å². The van der Waals surface area contributed by atoms with Crippen LogP contribution in [-0.4, -0.2) is 17.1 Å². The van der Waals surface area contributed by atoms with E-state index in [1.807, 2.05) is 0 Å². The quantitative estimate of drug-likeness (QED) is 0.755. The molecule has 0 spiro atoms. The molecule has 0 saturated carbocycles. The van der Waals surface area contributed by atoms with Crippen LogP contribution in [0.2, 0.25) is 5.02 Å². The van der Waals surface area contributed by atoms with Gasteiger partial charge in [-0.1, -0.05) is 17.7 Å². The van der Waals surface area contributed by atoms with Crippen LogP contribution in [0.15, 0.2) is 18.2 Å². The Balaban J connectivity index is 3.06. The van der Waals surface area contributed by atoms with Gasteiger partial charge in [0.1, 0.15) is 5.82 Å². The van der Waals surface area contributed by atoms with E-state index in [4.69, 9.17) is 16.7 Å². The molecule has 2 N–H and O–H groups in total. The van der Waals surface area contributed by atoms with E-state index in [1.165, 1.54) is 17.4 Å². The van der Waals surface area contributed by atoms with Crippen molar-refractivity contribution in [2.24, 2.45) is 0 Å². The van der Waals surface area contributed by atoms with Crippen molar-refractivity contribution in [3.8, 4) is 0 Å². The largest absolute Gasteiger partial charge is 0.465 e. The molecular formula is C8H5ClFNO3. The molecule has 1 rings (SSSR count). The van der Waals surface area contributed by atoms with Gasteiger partial charge in [0.15, 0.2) is 0 Å². The molecule has 74 valence electrons. The molecule has 2 amide bonds. The van der Waals surface area contributed by atoms with E-state index < -0.39 is 23.4 Å². The summed E-state index contributed by atoms with van der Waals surface area (Å²) in [5.41, 5.74) is -0.475. The third-order valence-corrected chi connectivity index (χ3v) is 1.73. The van der Waals surface area contributed by atoms with Crippen LogP contribution in [-0.2, 0) is 0 Å². The van der Waals surface area contributed by atoms with E-state index in [2.05, 4.69) is 0 Å². The van der Waals surface area contributed by atoms with Crippen LogP contribution in [0.5, 0.6) is 0 Å². The SMILES string of the molecule is O=C(O)NC(=O)c1c(F)cccc1Cl. The van der Waals surface area contributed by atoms with Crippen LogP contribution in [0, 0.1) is 5.82 Å². The first kappa shape index (κ1) is 10.5. The lowest BCUT2D eigenvalue weighted by molar-refractivity contribution is 0.0944. The number of imide groups is 1. The Morgan fingerprint density at radius 3 is 2.57 bits per heavy atom. The van der Waals surface area contributed by atoms with Crippen molar-refractivity contribution in [3.63, 3.8) is 0 Å². The van der Waals surface area contributed by atoms with Gasteiger partial charge in [-0.25, -0.2) is 9.18 Å². The molecule has 0 fully saturated rings. The fraction of sp³-hybridized carbons (Fsp3) is 0. The van der Waals surface area contributed by atoms with E-state index in [9.17, 15) is 14.0 Å². The summed E-state index contributed by atoms with van der Waals surface area (Å²) in [7, 11) is 0. The number of halogens is 2. The molecule has 0 bridgehead atoms. The predicted octanol–water partition coefficient (Wildman–Crippen LogP) is 1.89. The second kappa shape index (κ2) is 4.06. The zero-order valence-electron chi connectivity index (χ0n) is 6.75. The van der Waals surface area contributed by atoms with Gasteiger partial charge in [0.25, 0.3) is 5.91 Å². The zero-order valence-corrected chi connectivity index (χ0v) is 7.51. The molecule has 14 heavy (non-hydrogen) atoms. The Morgan fingerprint density at radius 1 is 1.43 bits per heavy atom. The van der Waals surface area contributed by atoms with Gasteiger partial charge in [-0.3, -0.25) is 10.1 Å². The first-order valence-corrected chi connectivity index (χ1v) is 3.88. The fourth-order valence-electron chi connectivity index (χ4n) is 0.874. The number of amides is 2. The minimum atomic E-state index is -1.56. The lowest BCUT2D eigenvalue weighted by Crippen LogP contribution is -2.29. The average molecular weight is 218 g/mol. The number of benzene rings is 1. The number of carboxylic acid groups (broad SMARTS) is 1. The number of carbonyl (C=O) groups is 2. The third-order valence-electron chi connectivity index (χ3n) is 1.41. The van der Waals surface area contributed by atoms with Crippen molar-refractivity contribution in [2.45, 2.75) is 0 Å². The van der Waals surface area contributed by atoms with Crippen molar-refractivity contribution >= 4 is 23.6 Å². The molecular weight excluding hydrogens is 213 g/mol. The van der Waals surface area contributed by atoms with Crippen LogP contribution in [0.4, 0.5) is 9.18 Å². The highest BCUT2D eigenvalue weighted by atomic mass is 35.5. The van der Waals surface area contributed by atoms with Gasteiger partial charge in [0, 0.05) is 0 Å². The first-order chi connectivity index (χ1) is 6.52. The smallest absolute Gasteiger partial charge is 0.411 e. The Morgan fingerprint density at radius 2 is 2.07 bits per heavy atom. The van der Waals surface area contributed by atoms with Crippen molar-refractivity contribution in [1.82, 2.24) is 5.32 Å². The Labute approximate surface area is 83.3 Å². The topological polar surface area (TPSA) is 66.4 Å². The molecule has 4 nitrogen and oxygen atoms in total. The maximum atomic E-state index is 13.0. The van der Waals surface area contributed by atoms with E-state index >= 15 is 0 Å². The van der Waals surface area contributed by atoms with Crippen molar-refractivity contribution in [2.75, 3.05) is 0 Å². The first-order valence-electron chi connectivity index (χ1n) is 3.50. The molecule has 0 atom stereocenters. The maximum Gasteiger partial charge on any atom is 0.411 e. The van der Waals surface area contributed by atoms with E-state index in [1.54, 1.807) is 0 Å². The Hall–Kier alpha value is -1.62. The average Bonchev–Trinajstić information content (AvgIpc) is 2.01. The Kier molecular flexibility index (Phi) is 3.03.